The number of primary amides is 1. The van der Waals surface area contributed by atoms with E-state index in [1.54, 1.807) is 20.2 Å². The summed E-state index contributed by atoms with van der Waals surface area (Å²) < 4.78 is 5.53. The van der Waals surface area contributed by atoms with Gasteiger partial charge in [-0.1, -0.05) is 0 Å². The fourth-order valence-electron chi connectivity index (χ4n) is 7.67. The molecule has 2 saturated carbocycles. The van der Waals surface area contributed by atoms with Crippen LogP contribution in [-0.4, -0.2) is 115 Å². The van der Waals surface area contributed by atoms with Gasteiger partial charge in [0.25, 0.3) is 0 Å². The van der Waals surface area contributed by atoms with Crippen LogP contribution in [0.3, 0.4) is 0 Å². The lowest BCUT2D eigenvalue weighted by atomic mass is 9.52. The van der Waals surface area contributed by atoms with E-state index in [9.17, 15) is 34.2 Å². The number of nitrogens with two attached hydrogens (primary N) is 1. The number of carbonyl (C=O) groups is 5. The van der Waals surface area contributed by atoms with Crippen molar-refractivity contribution < 1.29 is 38.9 Å². The number of benzene rings is 1. The fraction of sp³-hybridized carbons (Fsp3) is 0.621. The van der Waals surface area contributed by atoms with E-state index in [0.29, 0.717) is 25.3 Å². The Morgan fingerprint density at radius 2 is 1.80 bits per heavy atom. The second-order valence-corrected chi connectivity index (χ2v) is 12.4. The third-order valence-electron chi connectivity index (χ3n) is 9.51. The molecule has 1 aromatic carbocycles. The van der Waals surface area contributed by atoms with Crippen molar-refractivity contribution in [2.24, 2.45) is 29.4 Å². The summed E-state index contributed by atoms with van der Waals surface area (Å²) in [4.78, 5) is 72.3. The van der Waals surface area contributed by atoms with Gasteiger partial charge in [0.1, 0.15) is 5.75 Å². The van der Waals surface area contributed by atoms with Gasteiger partial charge in [-0.25, -0.2) is 0 Å². The molecule has 4 N–H and O–H groups in total. The summed E-state index contributed by atoms with van der Waals surface area (Å²) in [6.45, 7) is 1.79. The number of phenols is 1. The van der Waals surface area contributed by atoms with Crippen molar-refractivity contribution >= 4 is 34.7 Å². The highest BCUT2D eigenvalue weighted by Crippen LogP contribution is 2.52. The Kier molecular flexibility index (Phi) is 7.34. The second-order valence-electron chi connectivity index (χ2n) is 12.4. The normalized spacial score (nSPS) is 33.2. The summed E-state index contributed by atoms with van der Waals surface area (Å²) in [5.41, 5.74) is 4.80. The zero-order valence-corrected chi connectivity index (χ0v) is 24.0. The van der Waals surface area contributed by atoms with Crippen molar-refractivity contribution in [2.75, 3.05) is 53.4 Å². The zero-order valence-electron chi connectivity index (χ0n) is 24.0. The van der Waals surface area contributed by atoms with Crippen LogP contribution in [0.5, 0.6) is 5.75 Å². The zero-order chi connectivity index (χ0) is 30.1. The number of hydrogen-bond donors (Lipinski definition) is 3. The molecule has 3 aliphatic carbocycles. The average molecular weight is 571 g/mol. The maximum absolute atomic E-state index is 14.0. The number of hydrogen-bond acceptors (Lipinski definition) is 11. The topological polar surface area (TPSA) is 171 Å². The van der Waals surface area contributed by atoms with Crippen LogP contribution >= 0.6 is 0 Å². The van der Waals surface area contributed by atoms with Crippen LogP contribution in [0.25, 0.3) is 0 Å². The summed E-state index contributed by atoms with van der Waals surface area (Å²) >= 11 is 0. The van der Waals surface area contributed by atoms with E-state index >= 15 is 0 Å². The largest absolute Gasteiger partial charge is 0.507 e. The van der Waals surface area contributed by atoms with Crippen molar-refractivity contribution in [3.8, 4) is 5.75 Å². The van der Waals surface area contributed by atoms with Gasteiger partial charge in [0.2, 0.25) is 5.91 Å². The van der Waals surface area contributed by atoms with Gasteiger partial charge in [-0.2, -0.15) is 0 Å². The minimum absolute atomic E-state index is 0.00380. The Hall–Kier alpha value is -3.19. The Morgan fingerprint density at radius 1 is 1.12 bits per heavy atom. The van der Waals surface area contributed by atoms with Gasteiger partial charge in [-0.05, 0) is 63.5 Å². The molecule has 0 spiro atoms. The molecule has 0 radical (unpaired) electrons. The van der Waals surface area contributed by atoms with Crippen LogP contribution in [0, 0.1) is 23.7 Å². The average Bonchev–Trinajstić information content (AvgIpc) is 3.41. The first-order valence-corrected chi connectivity index (χ1v) is 13.9. The molecule has 1 aromatic rings. The first-order valence-electron chi connectivity index (χ1n) is 13.9. The lowest BCUT2D eigenvalue weighted by Gasteiger charge is -2.52. The van der Waals surface area contributed by atoms with E-state index < -0.39 is 64.4 Å². The van der Waals surface area contributed by atoms with Crippen LogP contribution in [0.2, 0.25) is 0 Å². The Balaban J connectivity index is 1.60. The number of amides is 1. The summed E-state index contributed by atoms with van der Waals surface area (Å²) in [5.74, 6) is -10.5. The van der Waals surface area contributed by atoms with Crippen molar-refractivity contribution in [1.29, 1.82) is 0 Å². The van der Waals surface area contributed by atoms with Crippen LogP contribution in [0.4, 0.5) is 5.69 Å². The lowest BCUT2D eigenvalue weighted by Crippen LogP contribution is -2.74. The monoisotopic (exact) mass is 570 g/mol. The molecule has 222 valence electrons. The Labute approximate surface area is 238 Å². The molecule has 0 bridgehead atoms. The number of fused-ring (bicyclic) bond motifs is 3. The Morgan fingerprint density at radius 3 is 2.37 bits per heavy atom. The minimum Gasteiger partial charge on any atom is -0.507 e. The lowest BCUT2D eigenvalue weighted by molar-refractivity contribution is -0.181. The van der Waals surface area contributed by atoms with Crippen LogP contribution in [0.1, 0.15) is 34.3 Å². The SMILES string of the molecule is CN(C)c1c(CN(C)[C@@H]2CCOC2)cc(O)c2c1C[C@H]1C[C@H]3[C@H](N(C)C)C(=O)C(C(N)=O)C(=O)[C@@]3(O)C(=O)C1C2=O. The molecule has 4 aliphatic rings. The van der Waals surface area contributed by atoms with Crippen molar-refractivity contribution in [1.82, 2.24) is 9.80 Å². The molecule has 1 amide bonds. The number of Topliss-reactive ketones (excluding diaryl/α,β-unsaturated/α-hetero) is 4. The number of phenolic OH excluding ortho intramolecular Hbond substituents is 1. The molecule has 0 aromatic heterocycles. The third kappa shape index (κ3) is 4.30. The quantitative estimate of drug-likeness (QED) is 0.364. The van der Waals surface area contributed by atoms with Gasteiger partial charge < -0.3 is 25.6 Å². The molecule has 3 fully saturated rings. The molecule has 5 rings (SSSR count). The summed E-state index contributed by atoms with van der Waals surface area (Å²) in [6.07, 6.45) is 1.12. The highest BCUT2D eigenvalue weighted by Gasteiger charge is 2.69. The number of ketones is 4. The summed E-state index contributed by atoms with van der Waals surface area (Å²) in [6, 6.07) is 0.627. The van der Waals surface area contributed by atoms with E-state index in [1.165, 1.54) is 4.90 Å². The number of likely N-dealkylation sites (N-methyl/N-ethyl adjacent to an activating group) is 2. The predicted octanol–water partition coefficient (Wildman–Crippen LogP) is -0.846. The number of rotatable bonds is 6. The maximum atomic E-state index is 14.0. The van der Waals surface area contributed by atoms with E-state index in [4.69, 9.17) is 10.5 Å². The van der Waals surface area contributed by atoms with Gasteiger partial charge in [0, 0.05) is 44.9 Å². The highest BCUT2D eigenvalue weighted by molar-refractivity contribution is 6.32. The standard InChI is InChI=1S/C29H38N4O8/c1-31(2)22-14(11-33(5)15-6-7-41-12-15)10-18(34)20-16(22)8-13-9-17-23(32(3)4)25(36)21(28(30)39)27(38)29(17,40)26(37)19(13)24(20)35/h10,13,15,17,19,21,23,34,40H,6-9,11-12H2,1-5H3,(H2,30,39)/t13-,15+,17-,19?,21?,23-,29-/m0/s1. The number of aromatic hydroxyl groups is 1. The second kappa shape index (κ2) is 10.3. The number of ether oxygens (including phenoxy) is 1. The van der Waals surface area contributed by atoms with Gasteiger partial charge >= 0.3 is 0 Å². The first-order chi connectivity index (χ1) is 19.2. The van der Waals surface area contributed by atoms with Crippen molar-refractivity contribution in [2.45, 2.75) is 43.5 Å². The number of anilines is 1. The molecule has 1 heterocycles. The maximum Gasteiger partial charge on any atom is 0.235 e. The van der Waals surface area contributed by atoms with Crippen LogP contribution in [0.15, 0.2) is 6.07 Å². The van der Waals surface area contributed by atoms with Gasteiger partial charge in [-0.3, -0.25) is 33.8 Å². The van der Waals surface area contributed by atoms with E-state index in [1.807, 2.05) is 26.0 Å². The van der Waals surface area contributed by atoms with Crippen LogP contribution in [-0.2, 0) is 36.9 Å². The molecule has 12 nitrogen and oxygen atoms in total. The summed E-state index contributed by atoms with van der Waals surface area (Å²) in [5, 5.41) is 22.9. The highest BCUT2D eigenvalue weighted by atomic mass is 16.5. The number of carbonyl (C=O) groups excluding carboxylic acids is 5. The van der Waals surface area contributed by atoms with Gasteiger partial charge in [0.05, 0.1) is 24.1 Å². The third-order valence-corrected chi connectivity index (χ3v) is 9.51. The van der Waals surface area contributed by atoms with Gasteiger partial charge in [-0.15, -0.1) is 0 Å². The Bertz CT molecular complexity index is 1340. The molecule has 41 heavy (non-hydrogen) atoms. The number of aliphatic hydroxyl groups is 1. The minimum atomic E-state index is -2.73. The van der Waals surface area contributed by atoms with Crippen LogP contribution < -0.4 is 10.6 Å². The van der Waals surface area contributed by atoms with E-state index in [-0.39, 0.29) is 30.2 Å². The molecular formula is C29H38N4O8. The van der Waals surface area contributed by atoms with E-state index in [0.717, 1.165) is 17.7 Å². The molecule has 1 aliphatic heterocycles. The first kappa shape index (κ1) is 29.3. The molecule has 7 atom stereocenters. The smallest absolute Gasteiger partial charge is 0.235 e. The molecular weight excluding hydrogens is 532 g/mol. The van der Waals surface area contributed by atoms with Gasteiger partial charge in [0.15, 0.2) is 34.7 Å². The summed E-state index contributed by atoms with van der Waals surface area (Å²) in [7, 11) is 8.81. The van der Waals surface area contributed by atoms with Crippen molar-refractivity contribution in [3.63, 3.8) is 0 Å². The van der Waals surface area contributed by atoms with E-state index in [2.05, 4.69) is 4.90 Å². The predicted molar refractivity (Wildman–Crippen MR) is 146 cm³/mol. The number of nitrogens with zero attached hydrogens (tertiary/aromatic N) is 3. The molecule has 1 saturated heterocycles. The molecule has 2 unspecified atom stereocenters. The van der Waals surface area contributed by atoms with Crippen molar-refractivity contribution in [3.05, 3.63) is 22.8 Å². The molecule has 12 heteroatoms. The fourth-order valence-corrected chi connectivity index (χ4v) is 7.67.